The van der Waals surface area contributed by atoms with E-state index < -0.39 is 0 Å². The van der Waals surface area contributed by atoms with Gasteiger partial charge in [-0.2, -0.15) is 0 Å². The summed E-state index contributed by atoms with van der Waals surface area (Å²) in [6.45, 7) is 0. The van der Waals surface area contributed by atoms with E-state index in [0.717, 1.165) is 12.8 Å². The van der Waals surface area contributed by atoms with Gasteiger partial charge in [-0.05, 0) is 24.7 Å². The molecule has 3 heteroatoms. The highest BCUT2D eigenvalue weighted by atomic mass is 16.6. The first-order chi connectivity index (χ1) is 6.25. The van der Waals surface area contributed by atoms with Crippen molar-refractivity contribution in [1.29, 1.82) is 0 Å². The van der Waals surface area contributed by atoms with E-state index in [9.17, 15) is 9.59 Å². The van der Waals surface area contributed by atoms with Gasteiger partial charge in [-0.25, -0.2) is 0 Å². The second kappa shape index (κ2) is 2.41. The molecule has 0 radical (unpaired) electrons. The smallest absolute Gasteiger partial charge is 0.198 e. The maximum Gasteiger partial charge on any atom is 0.198 e. The Labute approximate surface area is 76.4 Å². The van der Waals surface area contributed by atoms with Gasteiger partial charge >= 0.3 is 0 Å². The van der Waals surface area contributed by atoms with E-state index in [4.69, 9.17) is 4.74 Å². The van der Waals surface area contributed by atoms with Crippen molar-refractivity contribution in [2.45, 2.75) is 37.9 Å². The summed E-state index contributed by atoms with van der Waals surface area (Å²) in [5, 5.41) is 0. The van der Waals surface area contributed by atoms with Crippen LogP contribution in [-0.4, -0.2) is 23.8 Å². The maximum atomic E-state index is 11.2. The normalized spacial score (nSPS) is 48.3. The van der Waals surface area contributed by atoms with Crippen molar-refractivity contribution in [3.63, 3.8) is 0 Å². The molecular formula is C10H12O3. The largest absolute Gasteiger partial charge is 0.369 e. The summed E-state index contributed by atoms with van der Waals surface area (Å²) in [5.41, 5.74) is 0. The summed E-state index contributed by atoms with van der Waals surface area (Å²) >= 11 is 0. The average Bonchev–Trinajstić information content (AvgIpc) is 2.86. The van der Waals surface area contributed by atoms with E-state index >= 15 is 0 Å². The lowest BCUT2D eigenvalue weighted by atomic mass is 9.70. The molecule has 3 rings (SSSR count). The molecular weight excluding hydrogens is 168 g/mol. The topological polar surface area (TPSA) is 46.7 Å². The summed E-state index contributed by atoms with van der Waals surface area (Å²) in [6.07, 6.45) is 3.83. The Morgan fingerprint density at radius 2 is 1.85 bits per heavy atom. The Morgan fingerprint density at radius 3 is 2.69 bits per heavy atom. The fourth-order valence-corrected chi connectivity index (χ4v) is 2.84. The molecule has 0 spiro atoms. The van der Waals surface area contributed by atoms with Gasteiger partial charge in [0.15, 0.2) is 11.6 Å². The third kappa shape index (κ3) is 1.06. The molecule has 4 atom stereocenters. The van der Waals surface area contributed by atoms with Crippen LogP contribution < -0.4 is 0 Å². The summed E-state index contributed by atoms with van der Waals surface area (Å²) in [7, 11) is 0. The first-order valence-electron chi connectivity index (χ1n) is 4.97. The van der Waals surface area contributed by atoms with Crippen molar-refractivity contribution in [1.82, 2.24) is 0 Å². The molecule has 1 aliphatic heterocycles. The second-order valence-corrected chi connectivity index (χ2v) is 4.40. The van der Waals surface area contributed by atoms with Crippen LogP contribution in [0.2, 0.25) is 0 Å². The SMILES string of the molecule is O=C1CC2CCC3OC3C2CC1=O. The van der Waals surface area contributed by atoms with Gasteiger partial charge in [0, 0.05) is 12.8 Å². The van der Waals surface area contributed by atoms with E-state index in [1.165, 1.54) is 0 Å². The molecule has 0 bridgehead atoms. The van der Waals surface area contributed by atoms with Crippen molar-refractivity contribution in [3.05, 3.63) is 0 Å². The predicted octanol–water partition coefficient (Wildman–Crippen LogP) is 0.712. The zero-order valence-electron chi connectivity index (χ0n) is 7.36. The van der Waals surface area contributed by atoms with Gasteiger partial charge in [0.25, 0.3) is 0 Å². The highest BCUT2D eigenvalue weighted by molar-refractivity contribution is 6.37. The molecule has 1 saturated heterocycles. The number of hydrogen-bond donors (Lipinski definition) is 0. The van der Waals surface area contributed by atoms with E-state index in [2.05, 4.69) is 0 Å². The number of Topliss-reactive ketones (excluding diaryl/α,β-unsaturated/α-hetero) is 2. The minimum absolute atomic E-state index is 0.152. The summed E-state index contributed by atoms with van der Waals surface area (Å²) in [4.78, 5) is 22.4. The molecule has 0 aromatic carbocycles. The van der Waals surface area contributed by atoms with Gasteiger partial charge in [-0.15, -0.1) is 0 Å². The first-order valence-corrected chi connectivity index (χ1v) is 4.97. The quantitative estimate of drug-likeness (QED) is 0.407. The molecule has 3 aliphatic rings. The van der Waals surface area contributed by atoms with Crippen LogP contribution in [0.1, 0.15) is 25.7 Å². The van der Waals surface area contributed by atoms with Gasteiger partial charge in [-0.3, -0.25) is 9.59 Å². The molecule has 2 aliphatic carbocycles. The van der Waals surface area contributed by atoms with Crippen LogP contribution in [0.3, 0.4) is 0 Å². The number of epoxide rings is 1. The summed E-state index contributed by atoms with van der Waals surface area (Å²) in [5.74, 6) is 0.482. The highest BCUT2D eigenvalue weighted by Gasteiger charge is 2.54. The van der Waals surface area contributed by atoms with Gasteiger partial charge < -0.3 is 4.74 Å². The number of ether oxygens (including phenoxy) is 1. The Hall–Kier alpha value is -0.700. The molecule has 2 saturated carbocycles. The van der Waals surface area contributed by atoms with Gasteiger partial charge in [0.05, 0.1) is 12.2 Å². The van der Waals surface area contributed by atoms with Crippen molar-refractivity contribution in [3.8, 4) is 0 Å². The Bertz CT molecular complexity index is 284. The van der Waals surface area contributed by atoms with Gasteiger partial charge in [0.2, 0.25) is 0 Å². The summed E-state index contributed by atoms with van der Waals surface area (Å²) in [6, 6.07) is 0. The Balaban J connectivity index is 1.82. The van der Waals surface area contributed by atoms with E-state index in [1.807, 2.05) is 0 Å². The Kier molecular flexibility index (Phi) is 1.42. The standard InChI is InChI=1S/C10H12O3/c11-7-3-5-1-2-9-10(13-9)6(5)4-8(7)12/h5-6,9-10H,1-4H2. The van der Waals surface area contributed by atoms with E-state index in [0.29, 0.717) is 36.9 Å². The van der Waals surface area contributed by atoms with Crippen LogP contribution in [0.5, 0.6) is 0 Å². The molecule has 3 nitrogen and oxygen atoms in total. The number of hydrogen-bond acceptors (Lipinski definition) is 3. The molecule has 4 unspecified atom stereocenters. The molecule has 0 aromatic rings. The zero-order chi connectivity index (χ0) is 9.00. The summed E-state index contributed by atoms with van der Waals surface area (Å²) < 4.78 is 5.47. The zero-order valence-corrected chi connectivity index (χ0v) is 7.36. The second-order valence-electron chi connectivity index (χ2n) is 4.40. The number of rotatable bonds is 0. The van der Waals surface area contributed by atoms with Crippen LogP contribution in [0, 0.1) is 11.8 Å². The van der Waals surface area contributed by atoms with Crippen LogP contribution >= 0.6 is 0 Å². The molecule has 0 amide bonds. The highest BCUT2D eigenvalue weighted by Crippen LogP contribution is 2.48. The monoisotopic (exact) mass is 180 g/mol. The van der Waals surface area contributed by atoms with Crippen LogP contribution in [0.4, 0.5) is 0 Å². The van der Waals surface area contributed by atoms with Crippen LogP contribution in [-0.2, 0) is 14.3 Å². The van der Waals surface area contributed by atoms with Crippen LogP contribution in [0.15, 0.2) is 0 Å². The fourth-order valence-electron chi connectivity index (χ4n) is 2.84. The fraction of sp³-hybridized carbons (Fsp3) is 0.800. The molecule has 13 heavy (non-hydrogen) atoms. The number of carbonyl (C=O) groups excluding carboxylic acids is 2. The van der Waals surface area contributed by atoms with Crippen molar-refractivity contribution in [2.24, 2.45) is 11.8 Å². The minimum atomic E-state index is -0.169. The molecule has 1 heterocycles. The van der Waals surface area contributed by atoms with Gasteiger partial charge in [-0.1, -0.05) is 0 Å². The van der Waals surface area contributed by atoms with Crippen LogP contribution in [0.25, 0.3) is 0 Å². The molecule has 70 valence electrons. The molecule has 0 aromatic heterocycles. The number of carbonyl (C=O) groups is 2. The van der Waals surface area contributed by atoms with Gasteiger partial charge in [0.1, 0.15) is 0 Å². The third-order valence-corrected chi connectivity index (χ3v) is 3.65. The van der Waals surface area contributed by atoms with Crippen molar-refractivity contribution in [2.75, 3.05) is 0 Å². The lowest BCUT2D eigenvalue weighted by molar-refractivity contribution is -0.141. The number of fused-ring (bicyclic) bond motifs is 3. The Morgan fingerprint density at radius 1 is 1.08 bits per heavy atom. The minimum Gasteiger partial charge on any atom is -0.369 e. The first kappa shape index (κ1) is 7.68. The van der Waals surface area contributed by atoms with E-state index in [1.54, 1.807) is 0 Å². The average molecular weight is 180 g/mol. The lowest BCUT2D eigenvalue weighted by Crippen LogP contribution is -2.37. The maximum absolute atomic E-state index is 11.2. The predicted molar refractivity (Wildman–Crippen MR) is 44.1 cm³/mol. The number of ketones is 2. The van der Waals surface area contributed by atoms with E-state index in [-0.39, 0.29) is 11.6 Å². The third-order valence-electron chi connectivity index (χ3n) is 3.65. The van der Waals surface area contributed by atoms with Crippen molar-refractivity contribution < 1.29 is 14.3 Å². The molecule has 3 fully saturated rings. The lowest BCUT2D eigenvalue weighted by Gasteiger charge is -2.31. The van der Waals surface area contributed by atoms with Crippen molar-refractivity contribution >= 4 is 11.6 Å². The molecule has 0 N–H and O–H groups in total.